The van der Waals surface area contributed by atoms with Crippen molar-refractivity contribution in [2.24, 2.45) is 0 Å². The van der Waals surface area contributed by atoms with Crippen molar-refractivity contribution in [3.8, 4) is 10.6 Å². The first-order valence-electron chi connectivity index (χ1n) is 11.9. The van der Waals surface area contributed by atoms with Crippen LogP contribution in [0.3, 0.4) is 0 Å². The average molecular weight is 476 g/mol. The minimum Gasteiger partial charge on any atom is -0.383 e. The van der Waals surface area contributed by atoms with Crippen LogP contribution in [-0.2, 0) is 6.42 Å². The minimum absolute atomic E-state index is 0.683. The lowest BCUT2D eigenvalue weighted by molar-refractivity contribution is 0.112. The summed E-state index contributed by atoms with van der Waals surface area (Å²) in [6, 6.07) is 14.4. The van der Waals surface area contributed by atoms with E-state index in [1.807, 2.05) is 13.1 Å². The molecule has 0 amide bonds. The molecule has 0 unspecified atom stereocenters. The van der Waals surface area contributed by atoms with Crippen LogP contribution in [0.1, 0.15) is 39.3 Å². The first-order chi connectivity index (χ1) is 16.6. The monoisotopic (exact) mass is 475 g/mol. The zero-order valence-electron chi connectivity index (χ0n) is 20.0. The van der Waals surface area contributed by atoms with Crippen molar-refractivity contribution in [1.29, 1.82) is 5.41 Å². The zero-order chi connectivity index (χ0) is 23.9. The van der Waals surface area contributed by atoms with Gasteiger partial charge in [0, 0.05) is 61.8 Å². The number of hydrogen-bond acceptors (Lipinski definition) is 7. The second-order valence-electron chi connectivity index (χ2n) is 8.88. The number of anilines is 2. The van der Waals surface area contributed by atoms with Crippen molar-refractivity contribution in [1.82, 2.24) is 9.88 Å². The number of carbonyl (C=O) groups excluding carboxylic acids is 1. The lowest BCUT2D eigenvalue weighted by Gasteiger charge is -2.21. The standard InChI is InChI=1S/C27H33N5OS/c1-20-5-7-21(8-6-20)27-30-25(26(19-33)34-27)11-15-31(2)23-9-10-24(22(17-23)18-28)29-12-16-32-13-3-4-14-32/h5-10,17-19,28-29H,3-4,11-16H2,1-2H3. The molecule has 1 saturated heterocycles. The molecular weight excluding hydrogens is 442 g/mol. The van der Waals surface area contributed by atoms with Crippen LogP contribution in [0.5, 0.6) is 0 Å². The van der Waals surface area contributed by atoms with Gasteiger partial charge in [0.1, 0.15) is 5.01 Å². The summed E-state index contributed by atoms with van der Waals surface area (Å²) >= 11 is 1.45. The molecule has 34 heavy (non-hydrogen) atoms. The van der Waals surface area contributed by atoms with Gasteiger partial charge in [-0.1, -0.05) is 29.8 Å². The normalized spacial score (nSPS) is 13.7. The molecule has 1 aliphatic rings. The molecule has 2 N–H and O–H groups in total. The van der Waals surface area contributed by atoms with E-state index < -0.39 is 0 Å². The fourth-order valence-corrected chi connectivity index (χ4v) is 5.21. The Labute approximate surface area is 206 Å². The molecule has 6 nitrogen and oxygen atoms in total. The molecule has 0 bridgehead atoms. The van der Waals surface area contributed by atoms with Crippen molar-refractivity contribution in [3.63, 3.8) is 0 Å². The topological polar surface area (TPSA) is 72.3 Å². The smallest absolute Gasteiger partial charge is 0.161 e. The summed E-state index contributed by atoms with van der Waals surface area (Å²) in [5.41, 5.74) is 6.02. The molecule has 2 heterocycles. The SMILES string of the molecule is Cc1ccc(-c2nc(CCN(C)c3ccc(NCCN4CCCC4)c(C=N)c3)c(C=O)s2)cc1. The van der Waals surface area contributed by atoms with Crippen molar-refractivity contribution in [3.05, 3.63) is 64.2 Å². The van der Waals surface area contributed by atoms with Gasteiger partial charge < -0.3 is 20.5 Å². The van der Waals surface area contributed by atoms with E-state index in [4.69, 9.17) is 10.4 Å². The first kappa shape index (κ1) is 24.1. The van der Waals surface area contributed by atoms with E-state index in [2.05, 4.69) is 58.4 Å². The van der Waals surface area contributed by atoms with Gasteiger partial charge in [-0.15, -0.1) is 11.3 Å². The highest BCUT2D eigenvalue weighted by atomic mass is 32.1. The number of rotatable bonds is 11. The van der Waals surface area contributed by atoms with Crippen LogP contribution in [-0.4, -0.2) is 62.2 Å². The van der Waals surface area contributed by atoms with Gasteiger partial charge >= 0.3 is 0 Å². The summed E-state index contributed by atoms with van der Waals surface area (Å²) in [7, 11) is 2.04. The van der Waals surface area contributed by atoms with E-state index in [-0.39, 0.29) is 0 Å². The Hall–Kier alpha value is -3.03. The van der Waals surface area contributed by atoms with Gasteiger partial charge in [-0.3, -0.25) is 4.79 Å². The van der Waals surface area contributed by atoms with E-state index >= 15 is 0 Å². The maximum absolute atomic E-state index is 11.7. The van der Waals surface area contributed by atoms with Crippen LogP contribution in [0, 0.1) is 12.3 Å². The number of benzene rings is 2. The van der Waals surface area contributed by atoms with Crippen molar-refractivity contribution in [2.45, 2.75) is 26.2 Å². The Morgan fingerprint density at radius 3 is 2.65 bits per heavy atom. The van der Waals surface area contributed by atoms with Gasteiger partial charge in [0.15, 0.2) is 6.29 Å². The van der Waals surface area contributed by atoms with Crippen molar-refractivity contribution >= 4 is 35.2 Å². The lowest BCUT2D eigenvalue weighted by atomic mass is 10.1. The predicted molar refractivity (Wildman–Crippen MR) is 143 cm³/mol. The van der Waals surface area contributed by atoms with Gasteiger partial charge in [-0.2, -0.15) is 0 Å². The highest BCUT2D eigenvalue weighted by Gasteiger charge is 2.14. The molecule has 1 aliphatic heterocycles. The van der Waals surface area contributed by atoms with E-state index in [1.54, 1.807) is 0 Å². The third-order valence-corrected chi connectivity index (χ3v) is 7.46. The molecule has 3 aromatic rings. The Balaban J connectivity index is 1.38. The fourth-order valence-electron chi connectivity index (χ4n) is 4.28. The molecule has 0 saturated carbocycles. The molecular formula is C27H33N5OS. The van der Waals surface area contributed by atoms with Gasteiger partial charge in [0.2, 0.25) is 0 Å². The second kappa shape index (κ2) is 11.4. The molecule has 0 aliphatic carbocycles. The van der Waals surface area contributed by atoms with E-state index in [0.29, 0.717) is 11.3 Å². The number of thiazole rings is 1. The maximum atomic E-state index is 11.7. The number of nitrogens with zero attached hydrogens (tertiary/aromatic N) is 3. The highest BCUT2D eigenvalue weighted by Crippen LogP contribution is 2.28. The molecule has 0 radical (unpaired) electrons. The van der Waals surface area contributed by atoms with E-state index in [9.17, 15) is 4.79 Å². The van der Waals surface area contributed by atoms with Gasteiger partial charge in [-0.25, -0.2) is 4.98 Å². The van der Waals surface area contributed by atoms with Gasteiger partial charge in [0.25, 0.3) is 0 Å². The first-order valence-corrected chi connectivity index (χ1v) is 12.7. The van der Waals surface area contributed by atoms with Crippen molar-refractivity contribution in [2.75, 3.05) is 50.0 Å². The Bertz CT molecular complexity index is 1120. The van der Waals surface area contributed by atoms with Crippen molar-refractivity contribution < 1.29 is 4.79 Å². The number of carbonyl (C=O) groups is 1. The zero-order valence-corrected chi connectivity index (χ0v) is 20.8. The van der Waals surface area contributed by atoms with Crippen LogP contribution in [0.2, 0.25) is 0 Å². The highest BCUT2D eigenvalue weighted by molar-refractivity contribution is 7.16. The van der Waals surface area contributed by atoms with Crippen LogP contribution < -0.4 is 10.2 Å². The van der Waals surface area contributed by atoms with Gasteiger partial charge in [-0.05, 0) is 51.1 Å². The summed E-state index contributed by atoms with van der Waals surface area (Å²) in [4.78, 5) is 21.8. The molecule has 2 aromatic carbocycles. The number of likely N-dealkylation sites (N-methyl/N-ethyl adjacent to an activating group) is 1. The van der Waals surface area contributed by atoms with E-state index in [1.165, 1.54) is 49.0 Å². The molecule has 0 spiro atoms. The quantitative estimate of drug-likeness (QED) is 0.298. The van der Waals surface area contributed by atoms with E-state index in [0.717, 1.165) is 59.1 Å². The Kier molecular flexibility index (Phi) is 8.08. The average Bonchev–Trinajstić information content (AvgIpc) is 3.53. The molecule has 4 rings (SSSR count). The molecule has 0 atom stereocenters. The summed E-state index contributed by atoms with van der Waals surface area (Å²) in [6.07, 6.45) is 5.61. The predicted octanol–water partition coefficient (Wildman–Crippen LogP) is 5.12. The lowest BCUT2D eigenvalue weighted by Crippen LogP contribution is -2.26. The number of likely N-dealkylation sites (tertiary alicyclic amines) is 1. The molecule has 1 aromatic heterocycles. The second-order valence-corrected chi connectivity index (χ2v) is 9.91. The summed E-state index contributed by atoms with van der Waals surface area (Å²) in [6.45, 7) is 7.11. The van der Waals surface area contributed by atoms with Crippen LogP contribution in [0.25, 0.3) is 10.6 Å². The summed E-state index contributed by atoms with van der Waals surface area (Å²) in [5.74, 6) is 0. The number of hydrogen-bond donors (Lipinski definition) is 2. The molecule has 178 valence electrons. The Morgan fingerprint density at radius 2 is 1.94 bits per heavy atom. The number of aldehydes is 1. The maximum Gasteiger partial charge on any atom is 0.161 e. The molecule has 1 fully saturated rings. The number of aryl methyl sites for hydroxylation is 1. The summed E-state index contributed by atoms with van der Waals surface area (Å²) < 4.78 is 0. The third kappa shape index (κ3) is 5.90. The third-order valence-electron chi connectivity index (χ3n) is 6.39. The largest absolute Gasteiger partial charge is 0.383 e. The van der Waals surface area contributed by atoms with Crippen LogP contribution in [0.4, 0.5) is 11.4 Å². The fraction of sp³-hybridized carbons (Fsp3) is 0.370. The van der Waals surface area contributed by atoms with Crippen LogP contribution >= 0.6 is 11.3 Å². The number of aromatic nitrogens is 1. The summed E-state index contributed by atoms with van der Waals surface area (Å²) in [5, 5.41) is 12.2. The van der Waals surface area contributed by atoms with Gasteiger partial charge in [0.05, 0.1) is 10.6 Å². The Morgan fingerprint density at radius 1 is 1.18 bits per heavy atom. The van der Waals surface area contributed by atoms with Crippen LogP contribution in [0.15, 0.2) is 42.5 Å². The number of nitrogens with one attached hydrogen (secondary N) is 2. The molecule has 7 heteroatoms. The minimum atomic E-state index is 0.683.